The lowest BCUT2D eigenvalue weighted by atomic mass is 9.96. The summed E-state index contributed by atoms with van der Waals surface area (Å²) in [6, 6.07) is 10.6. The maximum atomic E-state index is 5.88. The first-order valence-corrected chi connectivity index (χ1v) is 6.67. The molecule has 1 aromatic carbocycles. The molecule has 0 fully saturated rings. The Labute approximate surface area is 106 Å². The number of para-hydroxylation sites is 1. The highest BCUT2D eigenvalue weighted by Gasteiger charge is 2.13. The number of anilines is 1. The smallest absolute Gasteiger partial charge is 0.0366 e. The van der Waals surface area contributed by atoms with Crippen LogP contribution in [-0.4, -0.2) is 19.6 Å². The van der Waals surface area contributed by atoms with E-state index in [0.29, 0.717) is 5.92 Å². The predicted molar refractivity (Wildman–Crippen MR) is 76.3 cm³/mol. The van der Waals surface area contributed by atoms with Crippen LogP contribution in [0.1, 0.15) is 27.2 Å². The molecule has 1 unspecified atom stereocenters. The molecule has 2 N–H and O–H groups in total. The predicted octanol–water partition coefficient (Wildman–Crippen LogP) is 3.13. The number of nitrogens with two attached hydrogens (primary N) is 1. The zero-order chi connectivity index (χ0) is 12.7. The Morgan fingerprint density at radius 3 is 2.29 bits per heavy atom. The van der Waals surface area contributed by atoms with Crippen LogP contribution in [0.4, 0.5) is 5.69 Å². The summed E-state index contributed by atoms with van der Waals surface area (Å²) in [4.78, 5) is 2.42. The van der Waals surface area contributed by atoms with E-state index in [4.69, 9.17) is 5.73 Å². The third-order valence-electron chi connectivity index (χ3n) is 3.12. The fraction of sp³-hybridized carbons (Fsp3) is 0.600. The maximum absolute atomic E-state index is 5.88. The maximum Gasteiger partial charge on any atom is 0.0366 e. The van der Waals surface area contributed by atoms with Gasteiger partial charge in [0.15, 0.2) is 0 Å². The van der Waals surface area contributed by atoms with Crippen molar-refractivity contribution in [2.75, 3.05) is 24.5 Å². The van der Waals surface area contributed by atoms with E-state index in [9.17, 15) is 0 Å². The van der Waals surface area contributed by atoms with Crippen LogP contribution < -0.4 is 10.6 Å². The van der Waals surface area contributed by atoms with E-state index in [1.807, 2.05) is 0 Å². The van der Waals surface area contributed by atoms with Gasteiger partial charge in [-0.2, -0.15) is 0 Å². The molecule has 2 heteroatoms. The minimum Gasteiger partial charge on any atom is -0.371 e. The molecule has 0 heterocycles. The molecule has 1 rings (SSSR count). The van der Waals surface area contributed by atoms with Gasteiger partial charge in [-0.05, 0) is 43.9 Å². The average Bonchev–Trinajstić information content (AvgIpc) is 2.35. The Kier molecular flexibility index (Phi) is 6.06. The molecule has 2 nitrogen and oxygen atoms in total. The van der Waals surface area contributed by atoms with Gasteiger partial charge in [-0.25, -0.2) is 0 Å². The molecule has 17 heavy (non-hydrogen) atoms. The van der Waals surface area contributed by atoms with Crippen LogP contribution in [0, 0.1) is 11.8 Å². The molecule has 0 aliphatic heterocycles. The summed E-state index contributed by atoms with van der Waals surface area (Å²) >= 11 is 0. The van der Waals surface area contributed by atoms with E-state index < -0.39 is 0 Å². The molecule has 1 aromatic rings. The summed E-state index contributed by atoms with van der Waals surface area (Å²) in [5.41, 5.74) is 7.18. The van der Waals surface area contributed by atoms with E-state index in [2.05, 4.69) is 56.0 Å². The lowest BCUT2D eigenvalue weighted by Crippen LogP contribution is -2.33. The van der Waals surface area contributed by atoms with Crippen molar-refractivity contribution in [2.24, 2.45) is 17.6 Å². The van der Waals surface area contributed by atoms with E-state index in [0.717, 1.165) is 25.6 Å². The monoisotopic (exact) mass is 234 g/mol. The second-order valence-corrected chi connectivity index (χ2v) is 5.11. The Morgan fingerprint density at radius 1 is 1.18 bits per heavy atom. The fourth-order valence-electron chi connectivity index (χ4n) is 2.28. The van der Waals surface area contributed by atoms with Gasteiger partial charge in [-0.3, -0.25) is 0 Å². The van der Waals surface area contributed by atoms with E-state index in [-0.39, 0.29) is 0 Å². The van der Waals surface area contributed by atoms with Crippen LogP contribution in [0.3, 0.4) is 0 Å². The van der Waals surface area contributed by atoms with Crippen molar-refractivity contribution in [1.82, 2.24) is 0 Å². The lowest BCUT2D eigenvalue weighted by molar-refractivity contribution is 0.415. The second-order valence-electron chi connectivity index (χ2n) is 5.11. The topological polar surface area (TPSA) is 29.3 Å². The molecule has 0 aliphatic rings. The van der Waals surface area contributed by atoms with Gasteiger partial charge in [0.25, 0.3) is 0 Å². The first-order chi connectivity index (χ1) is 8.17. The fourth-order valence-corrected chi connectivity index (χ4v) is 2.28. The van der Waals surface area contributed by atoms with Crippen molar-refractivity contribution in [2.45, 2.75) is 27.2 Å². The van der Waals surface area contributed by atoms with Crippen molar-refractivity contribution in [3.63, 3.8) is 0 Å². The summed E-state index contributed by atoms with van der Waals surface area (Å²) in [5, 5.41) is 0. The number of rotatable bonds is 7. The summed E-state index contributed by atoms with van der Waals surface area (Å²) < 4.78 is 0. The third-order valence-corrected chi connectivity index (χ3v) is 3.12. The Morgan fingerprint density at radius 2 is 1.82 bits per heavy atom. The Bertz CT molecular complexity index is 295. The molecule has 0 aromatic heterocycles. The van der Waals surface area contributed by atoms with E-state index in [1.165, 1.54) is 12.1 Å². The van der Waals surface area contributed by atoms with Gasteiger partial charge in [0.2, 0.25) is 0 Å². The quantitative estimate of drug-likeness (QED) is 0.785. The molecule has 0 amide bonds. The zero-order valence-electron chi connectivity index (χ0n) is 11.4. The van der Waals surface area contributed by atoms with Gasteiger partial charge in [0.1, 0.15) is 0 Å². The normalized spacial score (nSPS) is 12.8. The average molecular weight is 234 g/mol. The molecule has 0 aliphatic carbocycles. The third kappa shape index (κ3) is 4.78. The van der Waals surface area contributed by atoms with Crippen LogP contribution in [0.5, 0.6) is 0 Å². The largest absolute Gasteiger partial charge is 0.371 e. The van der Waals surface area contributed by atoms with Gasteiger partial charge < -0.3 is 10.6 Å². The zero-order valence-corrected chi connectivity index (χ0v) is 11.4. The van der Waals surface area contributed by atoms with E-state index in [1.54, 1.807) is 0 Å². The van der Waals surface area contributed by atoms with Gasteiger partial charge in [0, 0.05) is 18.8 Å². The van der Waals surface area contributed by atoms with Crippen LogP contribution in [0.15, 0.2) is 30.3 Å². The van der Waals surface area contributed by atoms with Crippen molar-refractivity contribution < 1.29 is 0 Å². The second kappa shape index (κ2) is 7.33. The molecule has 0 bridgehead atoms. The minimum atomic E-state index is 0.593. The summed E-state index contributed by atoms with van der Waals surface area (Å²) in [7, 11) is 0. The van der Waals surface area contributed by atoms with Crippen molar-refractivity contribution in [1.29, 1.82) is 0 Å². The summed E-state index contributed by atoms with van der Waals surface area (Å²) in [6.45, 7) is 9.62. The first-order valence-electron chi connectivity index (χ1n) is 6.67. The Hall–Kier alpha value is -1.02. The summed E-state index contributed by atoms with van der Waals surface area (Å²) in [6.07, 6.45) is 1.21. The van der Waals surface area contributed by atoms with Gasteiger partial charge >= 0.3 is 0 Å². The van der Waals surface area contributed by atoms with Gasteiger partial charge in [0.05, 0.1) is 0 Å². The lowest BCUT2D eigenvalue weighted by Gasteiger charge is -2.28. The molecular formula is C15H26N2. The van der Waals surface area contributed by atoms with Crippen LogP contribution in [0.2, 0.25) is 0 Å². The SMILES string of the molecule is CCN(CC(CN)CC(C)C)c1ccccc1. The highest BCUT2D eigenvalue weighted by atomic mass is 15.1. The molecule has 0 radical (unpaired) electrons. The molecule has 0 spiro atoms. The highest BCUT2D eigenvalue weighted by molar-refractivity contribution is 5.45. The van der Waals surface area contributed by atoms with Gasteiger partial charge in [-0.15, -0.1) is 0 Å². The van der Waals surface area contributed by atoms with Crippen LogP contribution in [-0.2, 0) is 0 Å². The number of benzene rings is 1. The number of hydrogen-bond donors (Lipinski definition) is 1. The van der Waals surface area contributed by atoms with Crippen molar-refractivity contribution in [3.8, 4) is 0 Å². The molecule has 96 valence electrons. The standard InChI is InChI=1S/C15H26N2/c1-4-17(15-8-6-5-7-9-15)12-14(11-16)10-13(2)3/h5-9,13-14H,4,10-12,16H2,1-3H3. The van der Waals surface area contributed by atoms with Crippen molar-refractivity contribution >= 4 is 5.69 Å². The number of hydrogen-bond acceptors (Lipinski definition) is 2. The summed E-state index contributed by atoms with van der Waals surface area (Å²) in [5.74, 6) is 1.31. The first kappa shape index (κ1) is 14.0. The highest BCUT2D eigenvalue weighted by Crippen LogP contribution is 2.18. The van der Waals surface area contributed by atoms with Crippen molar-refractivity contribution in [3.05, 3.63) is 30.3 Å². The molecular weight excluding hydrogens is 208 g/mol. The molecule has 0 saturated carbocycles. The van der Waals surface area contributed by atoms with Crippen LogP contribution >= 0.6 is 0 Å². The van der Waals surface area contributed by atoms with Gasteiger partial charge in [-0.1, -0.05) is 32.0 Å². The number of nitrogens with zero attached hydrogens (tertiary/aromatic N) is 1. The Balaban J connectivity index is 2.62. The minimum absolute atomic E-state index is 0.593. The van der Waals surface area contributed by atoms with E-state index >= 15 is 0 Å². The molecule has 1 atom stereocenters. The van der Waals surface area contributed by atoms with Crippen LogP contribution in [0.25, 0.3) is 0 Å². The molecule has 0 saturated heterocycles.